The molecule has 0 aliphatic carbocycles. The summed E-state index contributed by atoms with van der Waals surface area (Å²) in [5.41, 5.74) is 11.5. The fraction of sp³-hybridized carbons (Fsp3) is 0.185. The molecule has 3 aromatic carbocycles. The number of benzene rings is 3. The number of H-pyrrole nitrogens is 1. The van der Waals surface area contributed by atoms with Gasteiger partial charge in [0, 0.05) is 5.56 Å². The summed E-state index contributed by atoms with van der Waals surface area (Å²) in [6, 6.07) is 25.1. The lowest BCUT2D eigenvalue weighted by molar-refractivity contribution is 0.379. The highest BCUT2D eigenvalue weighted by molar-refractivity contribution is 5.88. The Morgan fingerprint density at radius 1 is 1.06 bits per heavy atom. The molecule has 4 aromatic rings. The maximum atomic E-state index is 10.0. The average molecular weight is 421 g/mol. The van der Waals surface area contributed by atoms with Crippen LogP contribution in [0.3, 0.4) is 0 Å². The van der Waals surface area contributed by atoms with Gasteiger partial charge in [0.05, 0.1) is 17.2 Å². The number of nitrogens with two attached hydrogens (primary N) is 1. The second kappa shape index (κ2) is 7.90. The highest BCUT2D eigenvalue weighted by atomic mass is 16.5. The zero-order chi connectivity index (χ0) is 22.2. The van der Waals surface area contributed by atoms with Gasteiger partial charge in [-0.15, -0.1) is 5.10 Å². The summed E-state index contributed by atoms with van der Waals surface area (Å²) in [7, 11) is 0. The van der Waals surface area contributed by atoms with Crippen LogP contribution >= 0.6 is 0 Å². The Balaban J connectivity index is 1.70. The smallest absolute Gasteiger partial charge is 0.244 e. The van der Waals surface area contributed by atoms with Crippen LogP contribution in [0.4, 0.5) is 0 Å². The lowest BCUT2D eigenvalue weighted by Crippen LogP contribution is -2.21. The van der Waals surface area contributed by atoms with Gasteiger partial charge in [0.25, 0.3) is 0 Å². The van der Waals surface area contributed by atoms with Gasteiger partial charge in [-0.25, -0.2) is 0 Å². The Morgan fingerprint density at radius 2 is 1.81 bits per heavy atom. The van der Waals surface area contributed by atoms with E-state index < -0.39 is 0 Å². The first kappa shape index (κ1) is 19.9. The van der Waals surface area contributed by atoms with E-state index in [0.29, 0.717) is 17.4 Å². The average Bonchev–Trinajstić information content (AvgIpc) is 3.21. The number of nitrogens with zero attached hydrogens (tertiary/aromatic N) is 2. The molecule has 5 rings (SSSR count). The number of ether oxygens (including phenoxy) is 1. The van der Waals surface area contributed by atoms with Crippen molar-refractivity contribution in [2.75, 3.05) is 0 Å². The second-order valence-corrected chi connectivity index (χ2v) is 8.61. The van der Waals surface area contributed by atoms with Crippen molar-refractivity contribution in [3.8, 4) is 23.2 Å². The number of nitriles is 1. The van der Waals surface area contributed by atoms with Gasteiger partial charge in [0.1, 0.15) is 11.6 Å². The SMILES string of the molecule is CC(C)Cc1ccc(-c2[nH]nc3c2[C@@H](c2cccc4ccccc24)C(C#N)=C(N)O3)cc1. The predicted molar refractivity (Wildman–Crippen MR) is 126 cm³/mol. The van der Waals surface area contributed by atoms with Crippen LogP contribution in [0, 0.1) is 17.2 Å². The zero-order valence-corrected chi connectivity index (χ0v) is 18.1. The summed E-state index contributed by atoms with van der Waals surface area (Å²) in [5, 5.41) is 19.7. The molecule has 158 valence electrons. The first-order valence-electron chi connectivity index (χ1n) is 10.8. The summed E-state index contributed by atoms with van der Waals surface area (Å²) >= 11 is 0. The summed E-state index contributed by atoms with van der Waals surface area (Å²) in [6.45, 7) is 4.43. The molecule has 0 unspecified atom stereocenters. The topological polar surface area (TPSA) is 87.7 Å². The van der Waals surface area contributed by atoms with Gasteiger partial charge in [-0.05, 0) is 34.2 Å². The molecule has 1 atom stereocenters. The number of allylic oxidation sites excluding steroid dienone is 1. The molecule has 5 heteroatoms. The fourth-order valence-electron chi connectivity index (χ4n) is 4.56. The van der Waals surface area contributed by atoms with E-state index in [1.165, 1.54) is 5.56 Å². The molecule has 0 amide bonds. The lowest BCUT2D eigenvalue weighted by atomic mass is 9.81. The number of aromatic amines is 1. The highest BCUT2D eigenvalue weighted by Gasteiger charge is 2.36. The summed E-state index contributed by atoms with van der Waals surface area (Å²) in [4.78, 5) is 0. The van der Waals surface area contributed by atoms with Gasteiger partial charge in [-0.1, -0.05) is 80.6 Å². The van der Waals surface area contributed by atoms with E-state index >= 15 is 0 Å². The van der Waals surface area contributed by atoms with Gasteiger partial charge < -0.3 is 10.5 Å². The molecule has 32 heavy (non-hydrogen) atoms. The van der Waals surface area contributed by atoms with Crippen LogP contribution in [-0.4, -0.2) is 10.2 Å². The minimum Gasteiger partial charge on any atom is -0.420 e. The molecule has 0 radical (unpaired) electrons. The van der Waals surface area contributed by atoms with Crippen molar-refractivity contribution in [1.82, 2.24) is 10.2 Å². The van der Waals surface area contributed by atoms with Gasteiger partial charge in [0.15, 0.2) is 0 Å². The molecular weight excluding hydrogens is 396 g/mol. The predicted octanol–water partition coefficient (Wildman–Crippen LogP) is 5.65. The van der Waals surface area contributed by atoms with Crippen LogP contribution < -0.4 is 10.5 Å². The van der Waals surface area contributed by atoms with E-state index in [9.17, 15) is 5.26 Å². The molecule has 1 aromatic heterocycles. The first-order valence-corrected chi connectivity index (χ1v) is 10.8. The van der Waals surface area contributed by atoms with Crippen molar-refractivity contribution < 1.29 is 4.74 Å². The number of aromatic nitrogens is 2. The number of fused-ring (bicyclic) bond motifs is 2. The maximum absolute atomic E-state index is 10.0. The summed E-state index contributed by atoms with van der Waals surface area (Å²) in [5.74, 6) is 0.735. The number of hydrogen-bond acceptors (Lipinski definition) is 4. The van der Waals surface area contributed by atoms with Crippen molar-refractivity contribution in [3.63, 3.8) is 0 Å². The number of nitrogens with one attached hydrogen (secondary N) is 1. The van der Waals surface area contributed by atoms with E-state index in [2.05, 4.69) is 78.6 Å². The minimum atomic E-state index is -0.376. The fourth-order valence-corrected chi connectivity index (χ4v) is 4.56. The van der Waals surface area contributed by atoms with Crippen molar-refractivity contribution >= 4 is 10.8 Å². The van der Waals surface area contributed by atoms with Gasteiger partial charge >= 0.3 is 0 Å². The van der Waals surface area contributed by atoms with E-state index in [0.717, 1.165) is 39.6 Å². The maximum Gasteiger partial charge on any atom is 0.244 e. The van der Waals surface area contributed by atoms with Crippen LogP contribution in [0.1, 0.15) is 36.5 Å². The normalized spacial score (nSPS) is 15.5. The Kier molecular flexibility index (Phi) is 4.91. The van der Waals surface area contributed by atoms with Crippen molar-refractivity contribution in [2.24, 2.45) is 11.7 Å². The Hall–Kier alpha value is -4.04. The molecule has 0 saturated carbocycles. The number of rotatable bonds is 4. The standard InChI is InChI=1S/C27H24N4O/c1-16(2)14-17-10-12-19(13-11-17)25-24-23(22(15-28)26(29)32-27(24)31-30-25)21-9-5-7-18-6-3-4-8-20(18)21/h3-13,16,23H,14,29H2,1-2H3,(H,30,31)/t23-/m0/s1. The molecule has 5 nitrogen and oxygen atoms in total. The molecule has 0 spiro atoms. The molecule has 2 heterocycles. The second-order valence-electron chi connectivity index (χ2n) is 8.61. The third-order valence-electron chi connectivity index (χ3n) is 5.96. The molecule has 0 saturated heterocycles. The Morgan fingerprint density at radius 3 is 2.56 bits per heavy atom. The van der Waals surface area contributed by atoms with Crippen LogP contribution in [0.25, 0.3) is 22.0 Å². The Labute approximate surface area is 187 Å². The van der Waals surface area contributed by atoms with E-state index in [1.807, 2.05) is 18.2 Å². The Bertz CT molecular complexity index is 1370. The molecule has 0 fully saturated rings. The minimum absolute atomic E-state index is 0.100. The monoisotopic (exact) mass is 420 g/mol. The van der Waals surface area contributed by atoms with Crippen molar-refractivity contribution in [1.29, 1.82) is 5.26 Å². The largest absolute Gasteiger partial charge is 0.420 e. The van der Waals surface area contributed by atoms with Crippen LogP contribution in [0.5, 0.6) is 5.88 Å². The zero-order valence-electron chi connectivity index (χ0n) is 18.1. The van der Waals surface area contributed by atoms with Crippen LogP contribution in [0.15, 0.2) is 78.2 Å². The molecule has 0 bridgehead atoms. The molecule has 1 aliphatic rings. The summed E-state index contributed by atoms with van der Waals surface area (Å²) in [6.07, 6.45) is 1.03. The molecule has 3 N–H and O–H groups in total. The van der Waals surface area contributed by atoms with Crippen LogP contribution in [-0.2, 0) is 6.42 Å². The molecule has 1 aliphatic heterocycles. The van der Waals surface area contributed by atoms with Gasteiger partial charge in [0.2, 0.25) is 11.8 Å². The van der Waals surface area contributed by atoms with Gasteiger partial charge in [-0.2, -0.15) is 5.26 Å². The summed E-state index contributed by atoms with van der Waals surface area (Å²) < 4.78 is 5.77. The number of hydrogen-bond donors (Lipinski definition) is 2. The van der Waals surface area contributed by atoms with Gasteiger partial charge in [-0.3, -0.25) is 5.10 Å². The van der Waals surface area contributed by atoms with Crippen LogP contribution in [0.2, 0.25) is 0 Å². The van der Waals surface area contributed by atoms with Crippen molar-refractivity contribution in [3.05, 3.63) is 94.9 Å². The lowest BCUT2D eigenvalue weighted by Gasteiger charge is -2.25. The van der Waals surface area contributed by atoms with Crippen molar-refractivity contribution in [2.45, 2.75) is 26.2 Å². The van der Waals surface area contributed by atoms with E-state index in [1.54, 1.807) is 0 Å². The highest BCUT2D eigenvalue weighted by Crippen LogP contribution is 2.47. The van der Waals surface area contributed by atoms with E-state index in [-0.39, 0.29) is 11.8 Å². The quantitative estimate of drug-likeness (QED) is 0.447. The molecular formula is C27H24N4O. The third kappa shape index (κ3) is 3.30. The first-order chi connectivity index (χ1) is 15.6. The third-order valence-corrected chi connectivity index (χ3v) is 5.96. The van der Waals surface area contributed by atoms with E-state index in [4.69, 9.17) is 10.5 Å².